The Morgan fingerprint density at radius 2 is 1.50 bits per heavy atom. The highest BCUT2D eigenvalue weighted by molar-refractivity contribution is 6.07. The van der Waals surface area contributed by atoms with Crippen LogP contribution in [0.3, 0.4) is 0 Å². The third kappa shape index (κ3) is 3.44. The van der Waals surface area contributed by atoms with Crippen LogP contribution in [-0.4, -0.2) is 12.9 Å². The number of rotatable bonds is 5. The third-order valence-electron chi connectivity index (χ3n) is 3.81. The lowest BCUT2D eigenvalue weighted by Crippen LogP contribution is -1.94. The predicted molar refractivity (Wildman–Crippen MR) is 98.2 cm³/mol. The molecular weight excluding hydrogens is 296 g/mol. The monoisotopic (exact) mass is 314 g/mol. The fourth-order valence-electron chi connectivity index (χ4n) is 2.63. The Kier molecular flexibility index (Phi) is 4.87. The van der Waals surface area contributed by atoms with Crippen LogP contribution < -0.4 is 4.74 Å². The quantitative estimate of drug-likeness (QED) is 0.474. The van der Waals surface area contributed by atoms with Crippen LogP contribution in [-0.2, 0) is 0 Å². The molecule has 2 heteroatoms. The maximum Gasteiger partial charge on any atom is 0.185 e. The van der Waals surface area contributed by atoms with Gasteiger partial charge in [-0.3, -0.25) is 4.79 Å². The number of hydrogen-bond acceptors (Lipinski definition) is 2. The van der Waals surface area contributed by atoms with Gasteiger partial charge in [-0.15, -0.1) is 0 Å². The highest BCUT2D eigenvalue weighted by atomic mass is 16.5. The molecule has 0 spiro atoms. The first-order chi connectivity index (χ1) is 11.8. The van der Waals surface area contributed by atoms with E-state index >= 15 is 0 Å². The van der Waals surface area contributed by atoms with Gasteiger partial charge in [-0.05, 0) is 23.3 Å². The Balaban J connectivity index is 1.99. The standard InChI is InChI=1S/C22H18O2/c1-24-21-14-8-13-19(22(21)18-11-6-3-7-12-18)15-16-20(23)17-9-4-2-5-10-17/h2-16H,1H3. The first-order valence-corrected chi connectivity index (χ1v) is 7.79. The van der Waals surface area contributed by atoms with Gasteiger partial charge in [-0.25, -0.2) is 0 Å². The van der Waals surface area contributed by atoms with Crippen molar-refractivity contribution in [1.29, 1.82) is 0 Å². The fourth-order valence-corrected chi connectivity index (χ4v) is 2.63. The van der Waals surface area contributed by atoms with E-state index in [1.807, 2.05) is 84.9 Å². The van der Waals surface area contributed by atoms with E-state index in [0.29, 0.717) is 5.56 Å². The molecule has 3 rings (SSSR count). The van der Waals surface area contributed by atoms with E-state index in [9.17, 15) is 4.79 Å². The normalized spacial score (nSPS) is 10.7. The van der Waals surface area contributed by atoms with Crippen molar-refractivity contribution in [2.75, 3.05) is 7.11 Å². The molecule has 0 amide bonds. The molecule has 0 saturated heterocycles. The summed E-state index contributed by atoms with van der Waals surface area (Å²) >= 11 is 0. The molecule has 0 radical (unpaired) electrons. The summed E-state index contributed by atoms with van der Waals surface area (Å²) in [6.07, 6.45) is 3.46. The molecule has 3 aromatic rings. The van der Waals surface area contributed by atoms with Gasteiger partial charge in [0.15, 0.2) is 5.78 Å². The van der Waals surface area contributed by atoms with E-state index in [1.165, 1.54) is 0 Å². The molecule has 0 aromatic heterocycles. The second-order valence-electron chi connectivity index (χ2n) is 5.35. The van der Waals surface area contributed by atoms with E-state index in [4.69, 9.17) is 4.74 Å². The topological polar surface area (TPSA) is 26.3 Å². The SMILES string of the molecule is COc1cccc(C=CC(=O)c2ccccc2)c1-c1ccccc1. The predicted octanol–water partition coefficient (Wildman–Crippen LogP) is 5.26. The van der Waals surface area contributed by atoms with Crippen LogP contribution in [0.2, 0.25) is 0 Å². The first kappa shape index (κ1) is 15.8. The molecule has 0 aliphatic rings. The molecule has 118 valence electrons. The molecule has 0 N–H and O–H groups in total. The number of ketones is 1. The van der Waals surface area contributed by atoms with Crippen molar-refractivity contribution in [3.63, 3.8) is 0 Å². The minimum Gasteiger partial charge on any atom is -0.496 e. The lowest BCUT2D eigenvalue weighted by molar-refractivity contribution is 0.104. The maximum absolute atomic E-state index is 12.3. The van der Waals surface area contributed by atoms with Crippen molar-refractivity contribution in [2.45, 2.75) is 0 Å². The molecule has 0 aliphatic heterocycles. The lowest BCUT2D eigenvalue weighted by Gasteiger charge is -2.12. The maximum atomic E-state index is 12.3. The Morgan fingerprint density at radius 1 is 0.833 bits per heavy atom. The fraction of sp³-hybridized carbons (Fsp3) is 0.0455. The van der Waals surface area contributed by atoms with E-state index in [-0.39, 0.29) is 5.78 Å². The van der Waals surface area contributed by atoms with Crippen LogP contribution in [0.4, 0.5) is 0 Å². The molecule has 0 fully saturated rings. The largest absolute Gasteiger partial charge is 0.496 e. The molecule has 0 atom stereocenters. The van der Waals surface area contributed by atoms with Gasteiger partial charge in [0.2, 0.25) is 0 Å². The summed E-state index contributed by atoms with van der Waals surface area (Å²) in [4.78, 5) is 12.3. The lowest BCUT2D eigenvalue weighted by atomic mass is 9.97. The van der Waals surface area contributed by atoms with Crippen LogP contribution in [0.5, 0.6) is 5.75 Å². The van der Waals surface area contributed by atoms with Gasteiger partial charge >= 0.3 is 0 Å². The molecular formula is C22H18O2. The summed E-state index contributed by atoms with van der Waals surface area (Å²) in [7, 11) is 1.66. The van der Waals surface area contributed by atoms with Gasteiger partial charge in [0.1, 0.15) is 5.75 Å². The summed E-state index contributed by atoms with van der Waals surface area (Å²) in [5.74, 6) is 0.771. The average molecular weight is 314 g/mol. The number of methoxy groups -OCH3 is 1. The average Bonchev–Trinajstić information content (AvgIpc) is 2.67. The van der Waals surface area contributed by atoms with Crippen LogP contribution in [0, 0.1) is 0 Å². The van der Waals surface area contributed by atoms with Crippen molar-refractivity contribution in [3.05, 3.63) is 96.1 Å². The highest BCUT2D eigenvalue weighted by Crippen LogP contribution is 2.34. The van der Waals surface area contributed by atoms with E-state index in [0.717, 1.165) is 22.4 Å². The third-order valence-corrected chi connectivity index (χ3v) is 3.81. The van der Waals surface area contributed by atoms with Gasteiger partial charge in [0.05, 0.1) is 7.11 Å². The van der Waals surface area contributed by atoms with Gasteiger partial charge in [0, 0.05) is 11.1 Å². The molecule has 3 aromatic carbocycles. The van der Waals surface area contributed by atoms with Gasteiger partial charge < -0.3 is 4.74 Å². The van der Waals surface area contributed by atoms with Crippen LogP contribution in [0.1, 0.15) is 15.9 Å². The zero-order valence-corrected chi connectivity index (χ0v) is 13.5. The smallest absolute Gasteiger partial charge is 0.185 e. The van der Waals surface area contributed by atoms with Crippen molar-refractivity contribution in [2.24, 2.45) is 0 Å². The van der Waals surface area contributed by atoms with Crippen LogP contribution in [0.15, 0.2) is 84.9 Å². The van der Waals surface area contributed by atoms with E-state index in [1.54, 1.807) is 13.2 Å². The molecule has 0 bridgehead atoms. The minimum atomic E-state index is -0.0163. The molecule has 0 aliphatic carbocycles. The van der Waals surface area contributed by atoms with Crippen LogP contribution >= 0.6 is 0 Å². The zero-order valence-electron chi connectivity index (χ0n) is 13.5. The molecule has 0 heterocycles. The Hall–Kier alpha value is -3.13. The summed E-state index contributed by atoms with van der Waals surface area (Å²) in [6.45, 7) is 0. The van der Waals surface area contributed by atoms with Crippen molar-refractivity contribution >= 4 is 11.9 Å². The Labute approximate surface area is 142 Å². The van der Waals surface area contributed by atoms with Crippen molar-refractivity contribution in [1.82, 2.24) is 0 Å². The van der Waals surface area contributed by atoms with Crippen LogP contribution in [0.25, 0.3) is 17.2 Å². The van der Waals surface area contributed by atoms with Gasteiger partial charge in [-0.2, -0.15) is 0 Å². The van der Waals surface area contributed by atoms with E-state index in [2.05, 4.69) is 0 Å². The number of ether oxygens (including phenoxy) is 1. The first-order valence-electron chi connectivity index (χ1n) is 7.79. The second kappa shape index (κ2) is 7.42. The second-order valence-corrected chi connectivity index (χ2v) is 5.35. The summed E-state index contributed by atoms with van der Waals surface area (Å²) in [5.41, 5.74) is 3.67. The molecule has 24 heavy (non-hydrogen) atoms. The molecule has 0 unspecified atom stereocenters. The van der Waals surface area contributed by atoms with Crippen molar-refractivity contribution < 1.29 is 9.53 Å². The number of allylic oxidation sites excluding steroid dienone is 1. The number of benzene rings is 3. The number of carbonyl (C=O) groups excluding carboxylic acids is 1. The van der Waals surface area contributed by atoms with Gasteiger partial charge in [-0.1, -0.05) is 78.9 Å². The van der Waals surface area contributed by atoms with Crippen molar-refractivity contribution in [3.8, 4) is 16.9 Å². The van der Waals surface area contributed by atoms with Gasteiger partial charge in [0.25, 0.3) is 0 Å². The Morgan fingerprint density at radius 3 is 2.17 bits per heavy atom. The summed E-state index contributed by atoms with van der Waals surface area (Å²) in [5, 5.41) is 0. The number of hydrogen-bond donors (Lipinski definition) is 0. The highest BCUT2D eigenvalue weighted by Gasteiger charge is 2.10. The summed E-state index contributed by atoms with van der Waals surface area (Å²) in [6, 6.07) is 25.1. The summed E-state index contributed by atoms with van der Waals surface area (Å²) < 4.78 is 5.51. The molecule has 2 nitrogen and oxygen atoms in total. The van der Waals surface area contributed by atoms with E-state index < -0.39 is 0 Å². The minimum absolute atomic E-state index is 0.0163. The molecule has 0 saturated carbocycles. The zero-order chi connectivity index (χ0) is 16.8. The number of carbonyl (C=O) groups is 1. The Bertz CT molecular complexity index is 850.